The van der Waals surface area contributed by atoms with Gasteiger partial charge in [-0.1, -0.05) is 18.2 Å². The van der Waals surface area contributed by atoms with Gasteiger partial charge in [0.1, 0.15) is 11.8 Å². The van der Waals surface area contributed by atoms with E-state index >= 15 is 0 Å². The Morgan fingerprint density at radius 1 is 1.29 bits per heavy atom. The van der Waals surface area contributed by atoms with Crippen molar-refractivity contribution in [1.29, 1.82) is 0 Å². The number of benzene rings is 2. The molecule has 1 N–H and O–H groups in total. The number of carboxylic acid groups (broad SMARTS) is 1. The van der Waals surface area contributed by atoms with Crippen molar-refractivity contribution in [3.8, 4) is 5.69 Å². The summed E-state index contributed by atoms with van der Waals surface area (Å²) in [6, 6.07) is 13.0. The number of para-hydroxylation sites is 1. The first-order valence-electron chi connectivity index (χ1n) is 6.48. The minimum absolute atomic E-state index is 0.208. The predicted octanol–water partition coefficient (Wildman–Crippen LogP) is 2.87. The molecule has 5 heteroatoms. The molecule has 0 aliphatic rings. The number of aromatic carboxylic acids is 1. The van der Waals surface area contributed by atoms with Gasteiger partial charge in [-0.15, -0.1) is 0 Å². The Bertz CT molecular complexity index is 808. The summed E-state index contributed by atoms with van der Waals surface area (Å²) >= 11 is 0. The normalized spacial score (nSPS) is 10.9. The molecule has 0 atom stereocenters. The Hall–Kier alpha value is -2.66. The number of rotatable bonds is 4. The van der Waals surface area contributed by atoms with Crippen LogP contribution in [-0.4, -0.2) is 27.7 Å². The lowest BCUT2D eigenvalue weighted by Gasteiger charge is -2.07. The van der Waals surface area contributed by atoms with Crippen molar-refractivity contribution in [2.45, 2.75) is 6.61 Å². The van der Waals surface area contributed by atoms with Gasteiger partial charge in [-0.3, -0.25) is 4.57 Å². The first kappa shape index (κ1) is 13.3. The molecule has 2 aromatic carbocycles. The lowest BCUT2D eigenvalue weighted by atomic mass is 10.1. The van der Waals surface area contributed by atoms with Crippen LogP contribution in [0.3, 0.4) is 0 Å². The topological polar surface area (TPSA) is 64.4 Å². The van der Waals surface area contributed by atoms with E-state index in [1.54, 1.807) is 25.6 Å². The van der Waals surface area contributed by atoms with Gasteiger partial charge in [0.05, 0.1) is 17.7 Å². The van der Waals surface area contributed by atoms with Gasteiger partial charge in [-0.2, -0.15) is 0 Å². The Morgan fingerprint density at radius 2 is 2.10 bits per heavy atom. The van der Waals surface area contributed by atoms with E-state index in [4.69, 9.17) is 4.74 Å². The number of ether oxygens (including phenoxy) is 1. The smallest absolute Gasteiger partial charge is 0.337 e. The van der Waals surface area contributed by atoms with Crippen LogP contribution >= 0.6 is 0 Å². The molecule has 21 heavy (non-hydrogen) atoms. The largest absolute Gasteiger partial charge is 0.478 e. The Labute approximate surface area is 121 Å². The maximum Gasteiger partial charge on any atom is 0.337 e. The lowest BCUT2D eigenvalue weighted by Crippen LogP contribution is -1.98. The number of carbonyl (C=O) groups is 1. The van der Waals surface area contributed by atoms with Crippen molar-refractivity contribution in [2.75, 3.05) is 7.11 Å². The molecule has 3 rings (SSSR count). The van der Waals surface area contributed by atoms with Crippen LogP contribution in [0.2, 0.25) is 0 Å². The molecule has 0 unspecified atom stereocenters. The highest BCUT2D eigenvalue weighted by Gasteiger charge is 2.13. The molecule has 3 aromatic rings. The fraction of sp³-hybridized carbons (Fsp3) is 0.125. The molecule has 0 aliphatic heterocycles. The summed E-state index contributed by atoms with van der Waals surface area (Å²) in [7, 11) is 1.65. The zero-order chi connectivity index (χ0) is 14.8. The molecular weight excluding hydrogens is 268 g/mol. The first-order chi connectivity index (χ1) is 10.2. The molecule has 106 valence electrons. The van der Waals surface area contributed by atoms with Crippen molar-refractivity contribution >= 4 is 17.0 Å². The fourth-order valence-corrected chi connectivity index (χ4v) is 2.38. The molecule has 0 saturated heterocycles. The third kappa shape index (κ3) is 2.39. The maximum atomic E-state index is 11.2. The number of imidazole rings is 1. The number of hydrogen-bond acceptors (Lipinski definition) is 3. The van der Waals surface area contributed by atoms with Gasteiger partial charge in [0.25, 0.3) is 0 Å². The van der Waals surface area contributed by atoms with Crippen LogP contribution in [0.15, 0.2) is 48.8 Å². The molecule has 1 heterocycles. The third-order valence-corrected chi connectivity index (χ3v) is 3.31. The van der Waals surface area contributed by atoms with Gasteiger partial charge in [-0.25, -0.2) is 9.78 Å². The molecule has 0 amide bonds. The van der Waals surface area contributed by atoms with E-state index in [1.165, 1.54) is 0 Å². The molecule has 1 aromatic heterocycles. The summed E-state index contributed by atoms with van der Waals surface area (Å²) in [6.07, 6.45) is 1.64. The number of hydrogen-bond donors (Lipinski definition) is 1. The van der Waals surface area contributed by atoms with E-state index in [0.29, 0.717) is 12.1 Å². The lowest BCUT2D eigenvalue weighted by molar-refractivity contribution is 0.0699. The van der Waals surface area contributed by atoms with Crippen molar-refractivity contribution in [3.05, 3.63) is 59.9 Å². The average molecular weight is 282 g/mol. The Balaban J connectivity index is 2.15. The van der Waals surface area contributed by atoms with Crippen LogP contribution in [0.1, 0.15) is 15.9 Å². The predicted molar refractivity (Wildman–Crippen MR) is 78.7 cm³/mol. The highest BCUT2D eigenvalue weighted by molar-refractivity contribution is 6.01. The van der Waals surface area contributed by atoms with Gasteiger partial charge in [0.15, 0.2) is 0 Å². The van der Waals surface area contributed by atoms with Gasteiger partial charge >= 0.3 is 5.97 Å². The summed E-state index contributed by atoms with van der Waals surface area (Å²) in [5.74, 6) is -0.973. The minimum Gasteiger partial charge on any atom is -0.478 e. The van der Waals surface area contributed by atoms with E-state index in [0.717, 1.165) is 16.8 Å². The summed E-state index contributed by atoms with van der Waals surface area (Å²) in [5.41, 5.74) is 3.44. The quantitative estimate of drug-likeness (QED) is 0.799. The molecule has 0 radical (unpaired) electrons. The van der Waals surface area contributed by atoms with Gasteiger partial charge in [-0.05, 0) is 29.8 Å². The molecule has 0 bridgehead atoms. The minimum atomic E-state index is -0.973. The highest BCUT2D eigenvalue weighted by Crippen LogP contribution is 2.22. The molecule has 0 spiro atoms. The van der Waals surface area contributed by atoms with Gasteiger partial charge in [0.2, 0.25) is 0 Å². The monoisotopic (exact) mass is 282 g/mol. The van der Waals surface area contributed by atoms with Gasteiger partial charge in [0, 0.05) is 12.8 Å². The van der Waals surface area contributed by atoms with Crippen molar-refractivity contribution in [1.82, 2.24) is 9.55 Å². The Morgan fingerprint density at radius 3 is 2.86 bits per heavy atom. The van der Waals surface area contributed by atoms with E-state index in [-0.39, 0.29) is 5.56 Å². The summed E-state index contributed by atoms with van der Waals surface area (Å²) in [6.45, 7) is 0.529. The maximum absolute atomic E-state index is 11.2. The second-order valence-electron chi connectivity index (χ2n) is 4.70. The fourth-order valence-electron chi connectivity index (χ4n) is 2.38. The second-order valence-corrected chi connectivity index (χ2v) is 4.70. The van der Waals surface area contributed by atoms with E-state index in [9.17, 15) is 9.90 Å². The second kappa shape index (κ2) is 5.38. The molecular formula is C16H14N2O3. The van der Waals surface area contributed by atoms with Crippen molar-refractivity contribution < 1.29 is 14.6 Å². The number of nitrogens with zero attached hydrogens (tertiary/aromatic N) is 2. The van der Waals surface area contributed by atoms with E-state index < -0.39 is 5.97 Å². The molecule has 5 nitrogen and oxygen atoms in total. The zero-order valence-corrected chi connectivity index (χ0v) is 11.5. The highest BCUT2D eigenvalue weighted by atomic mass is 16.5. The van der Waals surface area contributed by atoms with Crippen LogP contribution < -0.4 is 0 Å². The zero-order valence-electron chi connectivity index (χ0n) is 11.5. The van der Waals surface area contributed by atoms with Crippen molar-refractivity contribution in [3.63, 3.8) is 0 Å². The molecule has 0 aliphatic carbocycles. The van der Waals surface area contributed by atoms with Crippen molar-refractivity contribution in [2.24, 2.45) is 0 Å². The first-order valence-corrected chi connectivity index (χ1v) is 6.48. The van der Waals surface area contributed by atoms with Crippen LogP contribution in [0, 0.1) is 0 Å². The SMILES string of the molecule is COCc1cccc(-n2cnc3c(C(=O)O)cccc32)c1. The summed E-state index contributed by atoms with van der Waals surface area (Å²) in [4.78, 5) is 15.5. The van der Waals surface area contributed by atoms with E-state index in [1.807, 2.05) is 34.9 Å². The third-order valence-electron chi connectivity index (χ3n) is 3.31. The van der Waals surface area contributed by atoms with Crippen LogP contribution in [0.5, 0.6) is 0 Å². The van der Waals surface area contributed by atoms with Crippen LogP contribution in [0.4, 0.5) is 0 Å². The summed E-state index contributed by atoms with van der Waals surface area (Å²) in [5, 5.41) is 9.21. The standard InChI is InChI=1S/C16H14N2O3/c1-21-9-11-4-2-5-12(8-11)18-10-17-15-13(16(19)20)6-3-7-14(15)18/h2-8,10H,9H2,1H3,(H,19,20). The van der Waals surface area contributed by atoms with Crippen LogP contribution in [0.25, 0.3) is 16.7 Å². The molecule has 0 saturated carbocycles. The van der Waals surface area contributed by atoms with E-state index in [2.05, 4.69) is 4.98 Å². The Kier molecular flexibility index (Phi) is 3.41. The van der Waals surface area contributed by atoms with Crippen LogP contribution in [-0.2, 0) is 11.3 Å². The number of methoxy groups -OCH3 is 1. The molecule has 0 fully saturated rings. The van der Waals surface area contributed by atoms with Gasteiger partial charge < -0.3 is 9.84 Å². The number of aromatic nitrogens is 2. The average Bonchev–Trinajstić information content (AvgIpc) is 2.91. The number of fused-ring (bicyclic) bond motifs is 1. The summed E-state index contributed by atoms with van der Waals surface area (Å²) < 4.78 is 7.01. The number of carboxylic acids is 1.